The molecule has 2 unspecified atom stereocenters. The molecule has 9 atom stereocenters. The van der Waals surface area contributed by atoms with Crippen molar-refractivity contribution < 1.29 is 39.4 Å². The van der Waals surface area contributed by atoms with Crippen molar-refractivity contribution in [1.29, 1.82) is 0 Å². The number of unbranched alkanes of at least 4 members (excludes halogenated alkanes) is 11. The Morgan fingerprint density at radius 2 is 1.11 bits per heavy atom. The molecule has 3 aliphatic rings. The van der Waals surface area contributed by atoms with Gasteiger partial charge in [-0.05, 0) is 83.6 Å². The van der Waals surface area contributed by atoms with E-state index in [9.17, 15) is 25.2 Å². The van der Waals surface area contributed by atoms with Crippen LogP contribution in [0.4, 0.5) is 0 Å². The molecule has 0 aliphatic carbocycles. The van der Waals surface area contributed by atoms with Crippen LogP contribution >= 0.6 is 0 Å². The average molecular weight is 639 g/mol. The fraction of sp³-hybridized carbons (Fsp3) is 0.919. The maximum absolute atomic E-state index is 11.6. The van der Waals surface area contributed by atoms with E-state index in [1.807, 2.05) is 13.0 Å². The first-order chi connectivity index (χ1) is 21.8. The molecule has 0 radical (unpaired) electrons. The van der Waals surface area contributed by atoms with Crippen molar-refractivity contribution in [2.75, 3.05) is 0 Å². The van der Waals surface area contributed by atoms with Gasteiger partial charge in [-0.15, -0.1) is 0 Å². The van der Waals surface area contributed by atoms with Crippen LogP contribution in [-0.4, -0.2) is 81.3 Å². The molecule has 0 aromatic carbocycles. The SMILES string of the molecule is CCCCCC(O)C(O)CCC[C@H](O)[C@H]1CC[C@@H]([C@@H]2CC[C@@H]([C@@H](O)CCCCCCCCCCCCC3=C[C@H](C)OC3=O)O2)O1. The zero-order chi connectivity index (χ0) is 32.4. The first-order valence-electron chi connectivity index (χ1n) is 18.7. The van der Waals surface area contributed by atoms with Gasteiger partial charge in [-0.25, -0.2) is 4.79 Å². The van der Waals surface area contributed by atoms with Crippen LogP contribution in [0.1, 0.15) is 162 Å². The van der Waals surface area contributed by atoms with Crippen LogP contribution in [0.3, 0.4) is 0 Å². The molecule has 2 saturated heterocycles. The summed E-state index contributed by atoms with van der Waals surface area (Å²) in [6, 6.07) is 0. The number of hydrogen-bond acceptors (Lipinski definition) is 8. The third kappa shape index (κ3) is 14.3. The Morgan fingerprint density at radius 3 is 1.62 bits per heavy atom. The summed E-state index contributed by atoms with van der Waals surface area (Å²) in [5.74, 6) is -0.129. The third-order valence-electron chi connectivity index (χ3n) is 10.2. The Bertz CT molecular complexity index is 833. The van der Waals surface area contributed by atoms with Gasteiger partial charge in [-0.2, -0.15) is 0 Å². The maximum Gasteiger partial charge on any atom is 0.334 e. The van der Waals surface area contributed by atoms with E-state index in [2.05, 4.69) is 6.92 Å². The quantitative estimate of drug-likeness (QED) is 0.0634. The summed E-state index contributed by atoms with van der Waals surface area (Å²) in [6.45, 7) is 4.03. The summed E-state index contributed by atoms with van der Waals surface area (Å²) in [4.78, 5) is 11.6. The highest BCUT2D eigenvalue weighted by atomic mass is 16.6. The molecule has 2 fully saturated rings. The molecule has 262 valence electrons. The van der Waals surface area contributed by atoms with Gasteiger partial charge in [0.25, 0.3) is 0 Å². The predicted octanol–water partition coefficient (Wildman–Crippen LogP) is 6.83. The zero-order valence-electron chi connectivity index (χ0n) is 28.5. The topological polar surface area (TPSA) is 126 Å². The Balaban J connectivity index is 1.14. The second kappa shape index (κ2) is 21.8. The van der Waals surface area contributed by atoms with Crippen LogP contribution in [0.15, 0.2) is 11.6 Å². The Kier molecular flexibility index (Phi) is 18.6. The molecule has 0 aromatic rings. The van der Waals surface area contributed by atoms with Gasteiger partial charge in [0.15, 0.2) is 0 Å². The molecule has 8 nitrogen and oxygen atoms in total. The van der Waals surface area contributed by atoms with Crippen molar-refractivity contribution in [2.24, 2.45) is 0 Å². The molecule has 0 amide bonds. The van der Waals surface area contributed by atoms with E-state index in [0.717, 1.165) is 82.6 Å². The molecular weight excluding hydrogens is 572 g/mol. The lowest BCUT2D eigenvalue weighted by Gasteiger charge is -2.24. The van der Waals surface area contributed by atoms with Crippen molar-refractivity contribution in [3.05, 3.63) is 11.6 Å². The highest BCUT2D eigenvalue weighted by Gasteiger charge is 2.40. The van der Waals surface area contributed by atoms with E-state index in [0.29, 0.717) is 25.7 Å². The zero-order valence-corrected chi connectivity index (χ0v) is 28.5. The third-order valence-corrected chi connectivity index (χ3v) is 10.2. The second-order valence-electron chi connectivity index (χ2n) is 14.2. The summed E-state index contributed by atoms with van der Waals surface area (Å²) < 4.78 is 17.6. The number of aliphatic hydroxyl groups is 4. The van der Waals surface area contributed by atoms with Crippen molar-refractivity contribution in [3.63, 3.8) is 0 Å². The summed E-state index contributed by atoms with van der Waals surface area (Å²) in [7, 11) is 0. The largest absolute Gasteiger partial charge is 0.455 e. The lowest BCUT2D eigenvalue weighted by molar-refractivity contribution is -0.139. The molecule has 45 heavy (non-hydrogen) atoms. The van der Waals surface area contributed by atoms with Crippen LogP contribution in [0.2, 0.25) is 0 Å². The van der Waals surface area contributed by atoms with Crippen molar-refractivity contribution in [2.45, 2.75) is 216 Å². The minimum Gasteiger partial charge on any atom is -0.455 e. The number of esters is 1. The summed E-state index contributed by atoms with van der Waals surface area (Å²) >= 11 is 0. The van der Waals surface area contributed by atoms with Crippen LogP contribution < -0.4 is 0 Å². The van der Waals surface area contributed by atoms with E-state index < -0.39 is 24.4 Å². The van der Waals surface area contributed by atoms with Crippen LogP contribution in [-0.2, 0) is 19.0 Å². The van der Waals surface area contributed by atoms with E-state index >= 15 is 0 Å². The van der Waals surface area contributed by atoms with Gasteiger partial charge in [0.05, 0.1) is 48.8 Å². The Hall–Kier alpha value is -1.03. The predicted molar refractivity (Wildman–Crippen MR) is 177 cm³/mol. The highest BCUT2D eigenvalue weighted by molar-refractivity contribution is 5.90. The van der Waals surface area contributed by atoms with Gasteiger partial charge in [0.1, 0.15) is 6.10 Å². The number of hydrogen-bond donors (Lipinski definition) is 4. The number of aliphatic hydroxyl groups excluding tert-OH is 4. The minimum absolute atomic E-state index is 0.0121. The molecular formula is C37H66O8. The number of carbonyl (C=O) groups is 1. The molecule has 3 aliphatic heterocycles. The summed E-state index contributed by atoms with van der Waals surface area (Å²) in [5, 5.41) is 41.8. The van der Waals surface area contributed by atoms with Crippen molar-refractivity contribution in [3.8, 4) is 0 Å². The molecule has 0 aromatic heterocycles. The van der Waals surface area contributed by atoms with Gasteiger partial charge >= 0.3 is 5.97 Å². The fourth-order valence-corrected chi connectivity index (χ4v) is 7.29. The molecule has 0 saturated carbocycles. The lowest BCUT2D eigenvalue weighted by Crippen LogP contribution is -2.33. The van der Waals surface area contributed by atoms with Crippen LogP contribution in [0.5, 0.6) is 0 Å². The number of ether oxygens (including phenoxy) is 3. The second-order valence-corrected chi connectivity index (χ2v) is 14.2. The lowest BCUT2D eigenvalue weighted by atomic mass is 9.98. The first-order valence-corrected chi connectivity index (χ1v) is 18.7. The van der Waals surface area contributed by atoms with Crippen LogP contribution in [0.25, 0.3) is 0 Å². The monoisotopic (exact) mass is 638 g/mol. The highest BCUT2D eigenvalue weighted by Crippen LogP contribution is 2.34. The van der Waals surface area contributed by atoms with Gasteiger partial charge in [0, 0.05) is 5.57 Å². The molecule has 8 heteroatoms. The average Bonchev–Trinajstić information content (AvgIpc) is 3.77. The maximum atomic E-state index is 11.6. The van der Waals surface area contributed by atoms with E-state index in [1.54, 1.807) is 0 Å². The first kappa shape index (κ1) is 38.4. The van der Waals surface area contributed by atoms with Gasteiger partial charge in [0.2, 0.25) is 0 Å². The van der Waals surface area contributed by atoms with E-state index in [-0.39, 0.29) is 36.5 Å². The fourth-order valence-electron chi connectivity index (χ4n) is 7.29. The molecule has 0 bridgehead atoms. The molecule has 3 rings (SSSR count). The number of cyclic esters (lactones) is 1. The Labute approximate surface area is 273 Å². The van der Waals surface area contributed by atoms with E-state index in [1.165, 1.54) is 44.9 Å². The molecule has 3 heterocycles. The molecule has 4 N–H and O–H groups in total. The van der Waals surface area contributed by atoms with Gasteiger partial charge in [-0.1, -0.05) is 84.0 Å². The number of rotatable bonds is 25. The Morgan fingerprint density at radius 1 is 0.644 bits per heavy atom. The van der Waals surface area contributed by atoms with Gasteiger partial charge < -0.3 is 34.6 Å². The van der Waals surface area contributed by atoms with Crippen molar-refractivity contribution >= 4 is 5.97 Å². The van der Waals surface area contributed by atoms with Gasteiger partial charge in [-0.3, -0.25) is 0 Å². The molecule has 0 spiro atoms. The standard InChI is InChI=1S/C37H66O8/c1-3-4-13-18-29(38)30(39)20-16-21-32(41)34-23-25-36(45-34)35-24-22-33(44-35)31(40)19-15-12-10-8-6-5-7-9-11-14-17-28-26-27(2)43-37(28)42/h26-27,29-36,38-41H,3-25H2,1-2H3/t27-,29?,30?,31-,32-,33-,34+,35-,36-/m0/s1. The number of carbonyl (C=O) groups excluding carboxylic acids is 1. The minimum atomic E-state index is -0.729. The summed E-state index contributed by atoms with van der Waals surface area (Å²) in [6.07, 6.45) is 21.5. The normalized spacial score (nSPS) is 27.8. The summed E-state index contributed by atoms with van der Waals surface area (Å²) in [5.41, 5.74) is 0.857. The smallest absolute Gasteiger partial charge is 0.334 e. The van der Waals surface area contributed by atoms with Crippen molar-refractivity contribution in [1.82, 2.24) is 0 Å². The van der Waals surface area contributed by atoms with E-state index in [4.69, 9.17) is 14.2 Å². The van der Waals surface area contributed by atoms with Crippen LogP contribution in [0, 0.1) is 0 Å².